The number of phenols is 1. The van der Waals surface area contributed by atoms with Crippen molar-refractivity contribution in [3.63, 3.8) is 0 Å². The Morgan fingerprint density at radius 3 is 2.91 bits per heavy atom. The van der Waals surface area contributed by atoms with Crippen LogP contribution in [-0.2, 0) is 9.59 Å². The molecule has 2 aromatic carbocycles. The summed E-state index contributed by atoms with van der Waals surface area (Å²) in [6, 6.07) is 12.0. The lowest BCUT2D eigenvalue weighted by atomic mass is 10.2. The standard InChI is InChI=1S/C17H16N2O4/c1-11-6-7-14(20)12(8-11)18-16(21)9-19-13-4-2-3-5-15(13)23-10-17(19)22/h2-8,20H,9-10H2,1H3,(H,18,21). The number of phenolic OH excluding ortho intramolecular Hbond substituents is 1. The first-order valence-electron chi connectivity index (χ1n) is 7.16. The van der Waals surface area contributed by atoms with E-state index in [4.69, 9.17) is 4.74 Å². The van der Waals surface area contributed by atoms with Crippen LogP contribution in [0.25, 0.3) is 0 Å². The van der Waals surface area contributed by atoms with E-state index in [2.05, 4.69) is 5.32 Å². The van der Waals surface area contributed by atoms with Gasteiger partial charge in [0.15, 0.2) is 6.61 Å². The van der Waals surface area contributed by atoms with Crippen molar-refractivity contribution in [2.75, 3.05) is 23.4 Å². The smallest absolute Gasteiger partial charge is 0.265 e. The fraction of sp³-hybridized carbons (Fsp3) is 0.176. The van der Waals surface area contributed by atoms with Gasteiger partial charge in [0, 0.05) is 0 Å². The predicted molar refractivity (Wildman–Crippen MR) is 85.8 cm³/mol. The van der Waals surface area contributed by atoms with Gasteiger partial charge in [-0.15, -0.1) is 0 Å². The minimum Gasteiger partial charge on any atom is -0.506 e. The van der Waals surface area contributed by atoms with Crippen molar-refractivity contribution in [1.82, 2.24) is 0 Å². The summed E-state index contributed by atoms with van der Waals surface area (Å²) in [5.41, 5.74) is 1.79. The molecule has 2 N–H and O–H groups in total. The molecule has 0 unspecified atom stereocenters. The summed E-state index contributed by atoms with van der Waals surface area (Å²) >= 11 is 0. The van der Waals surface area contributed by atoms with Crippen LogP contribution in [0.1, 0.15) is 5.56 Å². The summed E-state index contributed by atoms with van der Waals surface area (Å²) in [7, 11) is 0. The number of rotatable bonds is 3. The van der Waals surface area contributed by atoms with Crippen LogP contribution >= 0.6 is 0 Å². The molecule has 0 saturated carbocycles. The second-order valence-corrected chi connectivity index (χ2v) is 5.31. The van der Waals surface area contributed by atoms with Crippen molar-refractivity contribution in [1.29, 1.82) is 0 Å². The summed E-state index contributed by atoms with van der Waals surface area (Å²) in [6.45, 7) is 1.61. The number of fused-ring (bicyclic) bond motifs is 1. The average molecular weight is 312 g/mol. The Bertz CT molecular complexity index is 773. The third-order valence-corrected chi connectivity index (χ3v) is 3.54. The number of carbonyl (C=O) groups excluding carboxylic acids is 2. The molecule has 1 aliphatic rings. The molecule has 0 spiro atoms. The van der Waals surface area contributed by atoms with E-state index in [1.54, 1.807) is 36.4 Å². The Morgan fingerprint density at radius 1 is 1.30 bits per heavy atom. The van der Waals surface area contributed by atoms with Crippen molar-refractivity contribution in [2.24, 2.45) is 0 Å². The molecular formula is C17H16N2O4. The highest BCUT2D eigenvalue weighted by atomic mass is 16.5. The number of aromatic hydroxyl groups is 1. The summed E-state index contributed by atoms with van der Waals surface area (Å²) in [5.74, 6) is -0.126. The Kier molecular flexibility index (Phi) is 3.89. The molecule has 0 radical (unpaired) electrons. The van der Waals surface area contributed by atoms with Gasteiger partial charge in [-0.1, -0.05) is 18.2 Å². The van der Waals surface area contributed by atoms with E-state index < -0.39 is 5.91 Å². The number of hydrogen-bond donors (Lipinski definition) is 2. The first-order chi connectivity index (χ1) is 11.0. The van der Waals surface area contributed by atoms with E-state index in [0.717, 1.165) is 5.56 Å². The second-order valence-electron chi connectivity index (χ2n) is 5.31. The highest BCUT2D eigenvalue weighted by Crippen LogP contribution is 2.31. The number of benzene rings is 2. The zero-order chi connectivity index (χ0) is 16.4. The number of aryl methyl sites for hydroxylation is 1. The van der Waals surface area contributed by atoms with Crippen LogP contribution in [-0.4, -0.2) is 30.1 Å². The number of hydrogen-bond acceptors (Lipinski definition) is 4. The Balaban J connectivity index is 1.78. The summed E-state index contributed by atoms with van der Waals surface area (Å²) < 4.78 is 5.34. The van der Waals surface area contributed by atoms with Gasteiger partial charge < -0.3 is 15.2 Å². The Hall–Kier alpha value is -3.02. The Labute approximate surface area is 133 Å². The zero-order valence-electron chi connectivity index (χ0n) is 12.6. The van der Waals surface area contributed by atoms with Gasteiger partial charge >= 0.3 is 0 Å². The van der Waals surface area contributed by atoms with Crippen molar-refractivity contribution < 1.29 is 19.4 Å². The number of para-hydroxylation sites is 2. The summed E-state index contributed by atoms with van der Waals surface area (Å²) in [5, 5.41) is 12.4. The minimum absolute atomic E-state index is 0.0161. The Morgan fingerprint density at radius 2 is 2.09 bits per heavy atom. The van der Waals surface area contributed by atoms with E-state index in [1.807, 2.05) is 6.92 Å². The molecule has 1 heterocycles. The number of carbonyl (C=O) groups is 2. The number of ether oxygens (including phenoxy) is 1. The van der Waals surface area contributed by atoms with Crippen LogP contribution in [0.15, 0.2) is 42.5 Å². The van der Waals surface area contributed by atoms with Gasteiger partial charge in [0.25, 0.3) is 5.91 Å². The quantitative estimate of drug-likeness (QED) is 0.850. The number of anilines is 2. The molecule has 118 valence electrons. The zero-order valence-corrected chi connectivity index (χ0v) is 12.6. The van der Waals surface area contributed by atoms with E-state index in [-0.39, 0.29) is 24.8 Å². The molecule has 0 bridgehead atoms. The summed E-state index contributed by atoms with van der Waals surface area (Å²) in [4.78, 5) is 25.7. The van der Waals surface area contributed by atoms with Crippen LogP contribution in [0.3, 0.4) is 0 Å². The van der Waals surface area contributed by atoms with Gasteiger partial charge in [-0.2, -0.15) is 0 Å². The van der Waals surface area contributed by atoms with E-state index in [1.165, 1.54) is 11.0 Å². The molecule has 0 aliphatic carbocycles. The maximum atomic E-state index is 12.2. The lowest BCUT2D eigenvalue weighted by Crippen LogP contribution is -2.43. The van der Waals surface area contributed by atoms with Gasteiger partial charge in [-0.25, -0.2) is 0 Å². The van der Waals surface area contributed by atoms with Crippen LogP contribution in [0, 0.1) is 6.92 Å². The largest absolute Gasteiger partial charge is 0.506 e. The van der Waals surface area contributed by atoms with Crippen molar-refractivity contribution >= 4 is 23.2 Å². The minimum atomic E-state index is -0.393. The normalized spacial score (nSPS) is 13.3. The van der Waals surface area contributed by atoms with Gasteiger partial charge in [-0.05, 0) is 36.8 Å². The van der Waals surface area contributed by atoms with Crippen LogP contribution in [0.2, 0.25) is 0 Å². The molecule has 0 aromatic heterocycles. The highest BCUT2D eigenvalue weighted by molar-refractivity contribution is 6.05. The number of nitrogens with one attached hydrogen (secondary N) is 1. The van der Waals surface area contributed by atoms with E-state index in [9.17, 15) is 14.7 Å². The molecule has 2 aromatic rings. The lowest BCUT2D eigenvalue weighted by Gasteiger charge is -2.28. The molecule has 6 heteroatoms. The maximum Gasteiger partial charge on any atom is 0.265 e. The first-order valence-corrected chi connectivity index (χ1v) is 7.16. The van der Waals surface area contributed by atoms with Crippen LogP contribution in [0.4, 0.5) is 11.4 Å². The average Bonchev–Trinajstić information content (AvgIpc) is 2.54. The van der Waals surface area contributed by atoms with Gasteiger partial charge in [0.2, 0.25) is 5.91 Å². The van der Waals surface area contributed by atoms with Crippen molar-refractivity contribution in [3.05, 3.63) is 48.0 Å². The van der Waals surface area contributed by atoms with Crippen LogP contribution < -0.4 is 15.0 Å². The van der Waals surface area contributed by atoms with E-state index >= 15 is 0 Å². The molecular weight excluding hydrogens is 296 g/mol. The molecule has 23 heavy (non-hydrogen) atoms. The van der Waals surface area contributed by atoms with Gasteiger partial charge in [0.1, 0.15) is 18.0 Å². The van der Waals surface area contributed by atoms with Gasteiger partial charge in [0.05, 0.1) is 11.4 Å². The number of nitrogens with zero attached hydrogens (tertiary/aromatic N) is 1. The van der Waals surface area contributed by atoms with Gasteiger partial charge in [-0.3, -0.25) is 14.5 Å². The van der Waals surface area contributed by atoms with E-state index in [0.29, 0.717) is 17.1 Å². The maximum absolute atomic E-state index is 12.2. The molecule has 1 aliphatic heterocycles. The predicted octanol–water partition coefficient (Wildman–Crippen LogP) is 2.06. The molecule has 2 amide bonds. The molecule has 6 nitrogen and oxygen atoms in total. The summed E-state index contributed by atoms with van der Waals surface area (Å²) in [6.07, 6.45) is 0. The molecule has 0 fully saturated rings. The SMILES string of the molecule is Cc1ccc(O)c(NC(=O)CN2C(=O)COc3ccccc32)c1. The fourth-order valence-corrected chi connectivity index (χ4v) is 2.41. The highest BCUT2D eigenvalue weighted by Gasteiger charge is 2.27. The lowest BCUT2D eigenvalue weighted by molar-refractivity contribution is -0.123. The first kappa shape index (κ1) is 14.9. The molecule has 0 atom stereocenters. The number of amides is 2. The van der Waals surface area contributed by atoms with Crippen LogP contribution in [0.5, 0.6) is 11.5 Å². The molecule has 3 rings (SSSR count). The topological polar surface area (TPSA) is 78.9 Å². The third kappa shape index (κ3) is 3.11. The van der Waals surface area contributed by atoms with Crippen molar-refractivity contribution in [2.45, 2.75) is 6.92 Å². The third-order valence-electron chi connectivity index (χ3n) is 3.54. The fourth-order valence-electron chi connectivity index (χ4n) is 2.41. The monoisotopic (exact) mass is 312 g/mol. The second kappa shape index (κ2) is 6.00. The molecule has 0 saturated heterocycles. The van der Waals surface area contributed by atoms with Crippen molar-refractivity contribution in [3.8, 4) is 11.5 Å².